The fourth-order valence-corrected chi connectivity index (χ4v) is 7.58. The van der Waals surface area contributed by atoms with Crippen LogP contribution in [0.15, 0.2) is 52.3 Å². The van der Waals surface area contributed by atoms with Gasteiger partial charge in [0.2, 0.25) is 10.0 Å². The summed E-state index contributed by atoms with van der Waals surface area (Å²) in [5, 5.41) is 0.644. The molecule has 0 saturated carbocycles. The van der Waals surface area contributed by atoms with Gasteiger partial charge in [-0.3, -0.25) is 14.6 Å². The number of ether oxygens (including phenoxy) is 1. The standard InChI is InChI=1S/C27H36N4O4S3.ClH/c1-4-12-30(13-5-2)38(33,34)23-9-6-21(7-10-23)26(32)31(15-14-29-16-18-35-19-17-29)27-28-24-11-8-22(36-3)20-25(24)37-27;/h6-11,20H,4-5,12-19H2,1-3H3;1H. The van der Waals surface area contributed by atoms with Crippen LogP contribution in [0.2, 0.25) is 0 Å². The van der Waals surface area contributed by atoms with Crippen molar-refractivity contribution in [3.8, 4) is 0 Å². The number of sulfonamides is 1. The van der Waals surface area contributed by atoms with Crippen LogP contribution in [0.4, 0.5) is 5.13 Å². The molecule has 0 bridgehead atoms. The minimum absolute atomic E-state index is 0. The van der Waals surface area contributed by atoms with Crippen molar-refractivity contribution in [2.75, 3.05) is 63.6 Å². The van der Waals surface area contributed by atoms with Crippen LogP contribution >= 0.6 is 35.5 Å². The van der Waals surface area contributed by atoms with E-state index in [1.54, 1.807) is 40.9 Å². The van der Waals surface area contributed by atoms with Crippen LogP contribution in [0.5, 0.6) is 0 Å². The van der Waals surface area contributed by atoms with Crippen LogP contribution < -0.4 is 4.90 Å². The van der Waals surface area contributed by atoms with Gasteiger partial charge >= 0.3 is 0 Å². The summed E-state index contributed by atoms with van der Waals surface area (Å²) in [7, 11) is -3.61. The number of benzene rings is 2. The first-order valence-corrected chi connectivity index (χ1v) is 16.5. The predicted octanol–water partition coefficient (Wildman–Crippen LogP) is 5.23. The van der Waals surface area contributed by atoms with Gasteiger partial charge in [0, 0.05) is 49.7 Å². The molecule has 214 valence electrons. The smallest absolute Gasteiger partial charge is 0.260 e. The largest absolute Gasteiger partial charge is 0.379 e. The number of fused-ring (bicyclic) bond motifs is 1. The van der Waals surface area contributed by atoms with Crippen molar-refractivity contribution in [2.45, 2.75) is 36.5 Å². The van der Waals surface area contributed by atoms with Crippen molar-refractivity contribution < 1.29 is 17.9 Å². The molecule has 1 fully saturated rings. The number of morpholine rings is 1. The molecule has 39 heavy (non-hydrogen) atoms. The molecule has 1 aromatic heterocycles. The first-order chi connectivity index (χ1) is 18.4. The fourth-order valence-electron chi connectivity index (χ4n) is 4.41. The Hall–Kier alpha value is -1.73. The molecule has 3 aromatic rings. The molecule has 1 aliphatic rings. The molecule has 12 heteroatoms. The van der Waals surface area contributed by atoms with Gasteiger partial charge in [0.05, 0.1) is 28.3 Å². The van der Waals surface area contributed by atoms with Crippen LogP contribution in [-0.2, 0) is 14.8 Å². The number of carbonyl (C=O) groups excluding carboxylic acids is 1. The molecule has 0 atom stereocenters. The first kappa shape index (κ1) is 31.8. The quantitative estimate of drug-likeness (QED) is 0.259. The van der Waals surface area contributed by atoms with Crippen molar-refractivity contribution in [1.29, 1.82) is 0 Å². The second-order valence-electron chi connectivity index (χ2n) is 9.17. The van der Waals surface area contributed by atoms with Crippen LogP contribution in [0.25, 0.3) is 10.2 Å². The summed E-state index contributed by atoms with van der Waals surface area (Å²) in [6.07, 6.45) is 3.53. The second kappa shape index (κ2) is 14.8. The van der Waals surface area contributed by atoms with E-state index in [-0.39, 0.29) is 23.2 Å². The summed E-state index contributed by atoms with van der Waals surface area (Å²) in [5.41, 5.74) is 1.30. The van der Waals surface area contributed by atoms with Gasteiger partial charge in [0.1, 0.15) is 0 Å². The van der Waals surface area contributed by atoms with Crippen molar-refractivity contribution in [2.24, 2.45) is 0 Å². The molecule has 1 amide bonds. The van der Waals surface area contributed by atoms with Gasteiger partial charge in [-0.1, -0.05) is 25.2 Å². The number of carbonyl (C=O) groups is 1. The van der Waals surface area contributed by atoms with E-state index in [1.165, 1.54) is 15.6 Å². The number of rotatable bonds is 12. The number of anilines is 1. The Labute approximate surface area is 246 Å². The van der Waals surface area contributed by atoms with Crippen molar-refractivity contribution in [1.82, 2.24) is 14.2 Å². The number of hydrogen-bond acceptors (Lipinski definition) is 8. The molecular weight excluding hydrogens is 576 g/mol. The molecule has 1 aliphatic heterocycles. The summed E-state index contributed by atoms with van der Waals surface area (Å²) in [6, 6.07) is 12.5. The lowest BCUT2D eigenvalue weighted by molar-refractivity contribution is 0.0391. The summed E-state index contributed by atoms with van der Waals surface area (Å²) < 4.78 is 34.4. The van der Waals surface area contributed by atoms with Gasteiger partial charge < -0.3 is 4.74 Å². The molecule has 4 rings (SSSR count). The van der Waals surface area contributed by atoms with E-state index >= 15 is 0 Å². The molecule has 0 spiro atoms. The summed E-state index contributed by atoms with van der Waals surface area (Å²) in [5.74, 6) is -0.190. The average molecular weight is 613 g/mol. The summed E-state index contributed by atoms with van der Waals surface area (Å²) in [4.78, 5) is 24.0. The summed E-state index contributed by atoms with van der Waals surface area (Å²) in [6.45, 7) is 9.11. The SMILES string of the molecule is CCCN(CCC)S(=O)(=O)c1ccc(C(=O)N(CCN2CCOCC2)c2nc3ccc(SC)cc3s2)cc1.Cl. The van der Waals surface area contributed by atoms with E-state index in [0.717, 1.165) is 41.0 Å². The number of hydrogen-bond donors (Lipinski definition) is 0. The molecule has 2 heterocycles. The average Bonchev–Trinajstić information content (AvgIpc) is 3.36. The third kappa shape index (κ3) is 7.72. The number of aromatic nitrogens is 1. The lowest BCUT2D eigenvalue weighted by atomic mass is 10.2. The highest BCUT2D eigenvalue weighted by atomic mass is 35.5. The van der Waals surface area contributed by atoms with Crippen molar-refractivity contribution >= 4 is 66.8 Å². The number of amides is 1. The molecular formula is C27H37ClN4O4S3. The maximum Gasteiger partial charge on any atom is 0.260 e. The van der Waals surface area contributed by atoms with Crippen LogP contribution in [0.3, 0.4) is 0 Å². The van der Waals surface area contributed by atoms with Crippen molar-refractivity contribution in [3.05, 3.63) is 48.0 Å². The lowest BCUT2D eigenvalue weighted by Crippen LogP contribution is -2.43. The Kier molecular flexibility index (Phi) is 12.0. The van der Waals surface area contributed by atoms with Gasteiger partial charge in [-0.05, 0) is 61.6 Å². The molecule has 2 aromatic carbocycles. The Bertz CT molecular complexity index is 1320. The zero-order valence-corrected chi connectivity index (χ0v) is 25.9. The van der Waals surface area contributed by atoms with Gasteiger partial charge in [0.25, 0.3) is 5.91 Å². The molecule has 8 nitrogen and oxygen atoms in total. The highest BCUT2D eigenvalue weighted by Crippen LogP contribution is 2.32. The fraction of sp³-hybridized carbons (Fsp3) is 0.481. The zero-order valence-electron chi connectivity index (χ0n) is 22.7. The molecule has 0 radical (unpaired) electrons. The number of thioether (sulfide) groups is 1. The van der Waals surface area contributed by atoms with E-state index in [1.807, 2.05) is 32.2 Å². The number of nitrogens with zero attached hydrogens (tertiary/aromatic N) is 4. The third-order valence-corrected chi connectivity index (χ3v) is 10.2. The van der Waals surface area contributed by atoms with Gasteiger partial charge in [0.15, 0.2) is 5.13 Å². The van der Waals surface area contributed by atoms with E-state index < -0.39 is 10.0 Å². The van der Waals surface area contributed by atoms with Crippen LogP contribution in [-0.4, -0.2) is 87.3 Å². The Morgan fingerprint density at radius 1 is 1.05 bits per heavy atom. The maximum absolute atomic E-state index is 13.8. The normalized spacial score (nSPS) is 14.5. The van der Waals surface area contributed by atoms with E-state index in [9.17, 15) is 13.2 Å². The van der Waals surface area contributed by atoms with E-state index in [4.69, 9.17) is 9.72 Å². The minimum atomic E-state index is -3.61. The molecule has 0 unspecified atom stereocenters. The van der Waals surface area contributed by atoms with Gasteiger partial charge in [-0.25, -0.2) is 13.4 Å². The third-order valence-electron chi connectivity index (χ3n) is 6.49. The van der Waals surface area contributed by atoms with Gasteiger partial charge in [-0.15, -0.1) is 24.2 Å². The molecule has 1 saturated heterocycles. The topological polar surface area (TPSA) is 83.1 Å². The summed E-state index contributed by atoms with van der Waals surface area (Å²) >= 11 is 3.17. The first-order valence-electron chi connectivity index (χ1n) is 13.0. The molecule has 0 N–H and O–H groups in total. The highest BCUT2D eigenvalue weighted by Gasteiger charge is 2.26. The van der Waals surface area contributed by atoms with E-state index in [0.29, 0.717) is 50.1 Å². The molecule has 0 aliphatic carbocycles. The zero-order chi connectivity index (χ0) is 27.1. The lowest BCUT2D eigenvalue weighted by Gasteiger charge is -2.29. The Morgan fingerprint density at radius 2 is 1.72 bits per heavy atom. The highest BCUT2D eigenvalue weighted by molar-refractivity contribution is 7.98. The Balaban J connectivity index is 0.00000420. The number of thiazole rings is 1. The monoisotopic (exact) mass is 612 g/mol. The van der Waals surface area contributed by atoms with Crippen LogP contribution in [0, 0.1) is 0 Å². The van der Waals surface area contributed by atoms with Gasteiger partial charge in [-0.2, -0.15) is 4.31 Å². The predicted molar refractivity (Wildman–Crippen MR) is 163 cm³/mol. The second-order valence-corrected chi connectivity index (χ2v) is 13.0. The minimum Gasteiger partial charge on any atom is -0.379 e. The van der Waals surface area contributed by atoms with Crippen LogP contribution in [0.1, 0.15) is 37.0 Å². The maximum atomic E-state index is 13.8. The van der Waals surface area contributed by atoms with E-state index in [2.05, 4.69) is 11.0 Å². The number of halogens is 1. The Morgan fingerprint density at radius 3 is 2.33 bits per heavy atom. The van der Waals surface area contributed by atoms with Crippen molar-refractivity contribution in [3.63, 3.8) is 0 Å².